The maximum atomic E-state index is 11.9. The number of hydrogen-bond acceptors (Lipinski definition) is 4. The van der Waals surface area contributed by atoms with E-state index < -0.39 is 18.2 Å². The number of nitrogens with one attached hydrogen (secondary N) is 2. The first-order chi connectivity index (χ1) is 7.41. The summed E-state index contributed by atoms with van der Waals surface area (Å²) in [5.74, 6) is -2.08. The quantitative estimate of drug-likeness (QED) is 0.666. The molecule has 1 aliphatic carbocycles. The van der Waals surface area contributed by atoms with E-state index in [1.807, 2.05) is 0 Å². The maximum absolute atomic E-state index is 11.9. The molecule has 0 amide bonds. The van der Waals surface area contributed by atoms with Gasteiger partial charge in [0, 0.05) is 12.1 Å². The third kappa shape index (κ3) is 2.30. The summed E-state index contributed by atoms with van der Waals surface area (Å²) >= 11 is 0. The molecular weight excluding hydrogens is 225 g/mol. The number of rotatable bonds is 1. The third-order valence-electron chi connectivity index (χ3n) is 3.18. The minimum Gasteiger partial charge on any atom is -0.456 e. The minimum absolute atomic E-state index is 0.0150. The van der Waals surface area contributed by atoms with Crippen LogP contribution in [-0.4, -0.2) is 30.3 Å². The first-order valence-electron chi connectivity index (χ1n) is 5.19. The van der Waals surface area contributed by atoms with Crippen LogP contribution in [0.2, 0.25) is 0 Å². The van der Waals surface area contributed by atoms with Crippen LogP contribution >= 0.6 is 0 Å². The highest BCUT2D eigenvalue weighted by atomic mass is 19.4. The van der Waals surface area contributed by atoms with Crippen LogP contribution in [0.1, 0.15) is 25.7 Å². The van der Waals surface area contributed by atoms with Crippen LogP contribution in [0.25, 0.3) is 0 Å². The van der Waals surface area contributed by atoms with Gasteiger partial charge in [-0.1, -0.05) is 0 Å². The third-order valence-corrected chi connectivity index (χ3v) is 3.18. The normalized spacial score (nSPS) is 34.6. The van der Waals surface area contributed by atoms with Gasteiger partial charge in [-0.25, -0.2) is 4.79 Å². The first-order valence-corrected chi connectivity index (χ1v) is 5.19. The number of ether oxygens (including phenoxy) is 1. The second kappa shape index (κ2) is 3.89. The standard InChI is InChI=1S/C9H13F3N2O2/c10-9(11,12)7(15)16-6-1-3-8(4-2-6)5-13-14-8/h6,13-14H,1-5H2. The zero-order valence-corrected chi connectivity index (χ0v) is 8.56. The second-order valence-electron chi connectivity index (χ2n) is 4.36. The van der Waals surface area contributed by atoms with Crippen molar-refractivity contribution in [2.75, 3.05) is 6.54 Å². The van der Waals surface area contributed by atoms with E-state index in [0.29, 0.717) is 12.8 Å². The largest absolute Gasteiger partial charge is 0.490 e. The van der Waals surface area contributed by atoms with E-state index in [1.54, 1.807) is 0 Å². The van der Waals surface area contributed by atoms with Crippen LogP contribution in [0.3, 0.4) is 0 Å². The van der Waals surface area contributed by atoms with Crippen molar-refractivity contribution in [2.24, 2.45) is 0 Å². The fourth-order valence-electron chi connectivity index (χ4n) is 2.12. The Morgan fingerprint density at radius 2 is 1.88 bits per heavy atom. The van der Waals surface area contributed by atoms with Gasteiger partial charge in [-0.05, 0) is 25.7 Å². The molecule has 1 spiro atoms. The van der Waals surface area contributed by atoms with Crippen LogP contribution in [0.4, 0.5) is 13.2 Å². The molecule has 92 valence electrons. The summed E-state index contributed by atoms with van der Waals surface area (Å²) in [6.07, 6.45) is -3.05. The Hall–Kier alpha value is -0.820. The predicted octanol–water partition coefficient (Wildman–Crippen LogP) is 0.881. The van der Waals surface area contributed by atoms with Crippen LogP contribution < -0.4 is 10.9 Å². The Balaban J connectivity index is 1.79. The Morgan fingerprint density at radius 1 is 1.31 bits per heavy atom. The summed E-state index contributed by atoms with van der Waals surface area (Å²) in [4.78, 5) is 10.6. The van der Waals surface area contributed by atoms with Crippen molar-refractivity contribution in [3.63, 3.8) is 0 Å². The molecule has 2 rings (SSSR count). The van der Waals surface area contributed by atoms with Crippen molar-refractivity contribution >= 4 is 5.97 Å². The molecule has 1 aliphatic heterocycles. The number of esters is 1. The van der Waals surface area contributed by atoms with Gasteiger partial charge in [-0.15, -0.1) is 0 Å². The van der Waals surface area contributed by atoms with E-state index in [0.717, 1.165) is 19.4 Å². The molecule has 0 atom stereocenters. The van der Waals surface area contributed by atoms with Gasteiger partial charge >= 0.3 is 12.1 Å². The molecule has 0 radical (unpaired) electrons. The average Bonchev–Trinajstić information content (AvgIpc) is 2.15. The SMILES string of the molecule is O=C(OC1CCC2(CC1)CNN2)C(F)(F)F. The molecule has 1 saturated heterocycles. The van der Waals surface area contributed by atoms with E-state index >= 15 is 0 Å². The number of carbonyl (C=O) groups is 1. The molecule has 2 aliphatic rings. The van der Waals surface area contributed by atoms with Crippen LogP contribution in [0.15, 0.2) is 0 Å². The summed E-state index contributed by atoms with van der Waals surface area (Å²) < 4.78 is 40.2. The fourth-order valence-corrected chi connectivity index (χ4v) is 2.12. The van der Waals surface area contributed by atoms with Gasteiger partial charge in [0.2, 0.25) is 0 Å². The molecule has 16 heavy (non-hydrogen) atoms. The van der Waals surface area contributed by atoms with Gasteiger partial charge in [0.1, 0.15) is 6.10 Å². The van der Waals surface area contributed by atoms with Crippen LogP contribution in [0.5, 0.6) is 0 Å². The van der Waals surface area contributed by atoms with Gasteiger partial charge in [0.15, 0.2) is 0 Å². The van der Waals surface area contributed by atoms with Crippen molar-refractivity contribution in [1.82, 2.24) is 10.9 Å². The van der Waals surface area contributed by atoms with E-state index in [-0.39, 0.29) is 5.54 Å². The molecule has 0 aromatic carbocycles. The number of hydrazine groups is 1. The number of halogens is 3. The van der Waals surface area contributed by atoms with Crippen molar-refractivity contribution in [3.05, 3.63) is 0 Å². The first kappa shape index (κ1) is 11.7. The highest BCUT2D eigenvalue weighted by molar-refractivity contribution is 5.75. The molecule has 0 unspecified atom stereocenters. The summed E-state index contributed by atoms with van der Waals surface area (Å²) in [6.45, 7) is 0.826. The predicted molar refractivity (Wildman–Crippen MR) is 48.3 cm³/mol. The molecule has 7 heteroatoms. The number of carbonyl (C=O) groups excluding carboxylic acids is 1. The van der Waals surface area contributed by atoms with E-state index in [1.165, 1.54) is 0 Å². The molecule has 2 fully saturated rings. The smallest absolute Gasteiger partial charge is 0.456 e. The molecular formula is C9H13F3N2O2. The molecule has 1 saturated carbocycles. The van der Waals surface area contributed by atoms with E-state index in [2.05, 4.69) is 15.6 Å². The Labute approximate surface area is 90.5 Å². The van der Waals surface area contributed by atoms with Crippen LogP contribution in [0, 0.1) is 0 Å². The topological polar surface area (TPSA) is 50.4 Å². The fraction of sp³-hybridized carbons (Fsp3) is 0.889. The lowest BCUT2D eigenvalue weighted by molar-refractivity contribution is -0.206. The zero-order valence-electron chi connectivity index (χ0n) is 8.56. The molecule has 0 bridgehead atoms. The monoisotopic (exact) mass is 238 g/mol. The second-order valence-corrected chi connectivity index (χ2v) is 4.36. The number of hydrogen-bond donors (Lipinski definition) is 2. The average molecular weight is 238 g/mol. The zero-order chi connectivity index (χ0) is 11.8. The van der Waals surface area contributed by atoms with Crippen molar-refractivity contribution in [1.29, 1.82) is 0 Å². The Bertz CT molecular complexity index is 279. The minimum atomic E-state index is -4.88. The lowest BCUT2D eigenvalue weighted by Crippen LogP contribution is -2.71. The molecule has 1 heterocycles. The van der Waals surface area contributed by atoms with E-state index in [9.17, 15) is 18.0 Å². The summed E-state index contributed by atoms with van der Waals surface area (Å²) in [5, 5.41) is 0. The van der Waals surface area contributed by atoms with Gasteiger partial charge in [0.05, 0.1) is 0 Å². The molecule has 2 N–H and O–H groups in total. The van der Waals surface area contributed by atoms with Gasteiger partial charge in [0.25, 0.3) is 0 Å². The van der Waals surface area contributed by atoms with Gasteiger partial charge < -0.3 is 4.74 Å². The Kier molecular flexibility index (Phi) is 2.83. The van der Waals surface area contributed by atoms with Crippen molar-refractivity contribution < 1.29 is 22.7 Å². The van der Waals surface area contributed by atoms with E-state index in [4.69, 9.17) is 0 Å². The van der Waals surface area contributed by atoms with Gasteiger partial charge in [-0.3, -0.25) is 10.9 Å². The lowest BCUT2D eigenvalue weighted by atomic mass is 9.79. The molecule has 0 aromatic rings. The molecule has 4 nitrogen and oxygen atoms in total. The Morgan fingerprint density at radius 3 is 2.25 bits per heavy atom. The van der Waals surface area contributed by atoms with Crippen molar-refractivity contribution in [3.8, 4) is 0 Å². The highest BCUT2D eigenvalue weighted by Gasteiger charge is 2.45. The number of alkyl halides is 3. The summed E-state index contributed by atoms with van der Waals surface area (Å²) in [5.41, 5.74) is 5.98. The molecule has 0 aromatic heterocycles. The summed E-state index contributed by atoms with van der Waals surface area (Å²) in [7, 11) is 0. The van der Waals surface area contributed by atoms with Crippen LogP contribution in [-0.2, 0) is 9.53 Å². The highest BCUT2D eigenvalue weighted by Crippen LogP contribution is 2.32. The maximum Gasteiger partial charge on any atom is 0.490 e. The van der Waals surface area contributed by atoms with Gasteiger partial charge in [-0.2, -0.15) is 13.2 Å². The summed E-state index contributed by atoms with van der Waals surface area (Å²) in [6, 6.07) is 0. The lowest BCUT2D eigenvalue weighted by Gasteiger charge is -2.47. The van der Waals surface area contributed by atoms with Crippen molar-refractivity contribution in [2.45, 2.75) is 43.5 Å².